The third kappa shape index (κ3) is 4.17. The molecule has 0 N–H and O–H groups in total. The Kier molecular flexibility index (Phi) is 4.86. The van der Waals surface area contributed by atoms with Crippen LogP contribution in [0.2, 0.25) is 5.02 Å². The molecule has 0 bridgehead atoms. The Morgan fingerprint density at radius 3 is 2.52 bits per heavy atom. The Hall–Kier alpha value is -2.19. The van der Waals surface area contributed by atoms with Gasteiger partial charge in [-0.3, -0.25) is 14.4 Å². The summed E-state index contributed by atoms with van der Waals surface area (Å²) in [5.41, 5.74) is 0.00918. The van der Waals surface area contributed by atoms with Crippen molar-refractivity contribution in [3.8, 4) is 0 Å². The Morgan fingerprint density at radius 1 is 1.26 bits per heavy atom. The highest BCUT2D eigenvalue weighted by atomic mass is 35.5. The zero-order valence-electron chi connectivity index (χ0n) is 11.9. The van der Waals surface area contributed by atoms with Gasteiger partial charge in [-0.15, -0.1) is 0 Å². The number of non-ortho nitro benzene ring substituents is 1. The number of nitro benzene ring substituents is 1. The lowest BCUT2D eigenvalue weighted by Crippen LogP contribution is -2.30. The second-order valence-electron chi connectivity index (χ2n) is 4.79. The molecule has 0 fully saturated rings. The van der Waals surface area contributed by atoms with Gasteiger partial charge in [0.2, 0.25) is 10.0 Å². The first-order valence-electron chi connectivity index (χ1n) is 6.34. The zero-order chi connectivity index (χ0) is 17.2. The first-order chi connectivity index (χ1) is 10.7. The van der Waals surface area contributed by atoms with Gasteiger partial charge in [0.15, 0.2) is 0 Å². The molecule has 0 aliphatic rings. The Morgan fingerprint density at radius 2 is 1.96 bits per heavy atom. The topological polar surface area (TPSA) is 80.5 Å². The van der Waals surface area contributed by atoms with Gasteiger partial charge in [-0.1, -0.05) is 23.7 Å². The number of sulfonamides is 1. The van der Waals surface area contributed by atoms with E-state index in [0.717, 1.165) is 16.6 Å². The van der Waals surface area contributed by atoms with Crippen LogP contribution in [0.1, 0.15) is 5.56 Å². The minimum Gasteiger partial charge on any atom is -0.263 e. The van der Waals surface area contributed by atoms with Crippen molar-refractivity contribution in [2.45, 2.75) is 6.54 Å². The molecule has 0 aromatic heterocycles. The average Bonchev–Trinajstić information content (AvgIpc) is 2.44. The van der Waals surface area contributed by atoms with Gasteiger partial charge in [0.05, 0.1) is 23.4 Å². The van der Waals surface area contributed by atoms with Crippen LogP contribution in [-0.4, -0.2) is 19.6 Å². The minimum absolute atomic E-state index is 0.134. The summed E-state index contributed by atoms with van der Waals surface area (Å²) in [6.07, 6.45) is 0.929. The van der Waals surface area contributed by atoms with Gasteiger partial charge >= 0.3 is 0 Å². The lowest BCUT2D eigenvalue weighted by Gasteiger charge is -2.23. The SMILES string of the molecule is CS(=O)(=O)N(Cc1cccc([N+](=O)[O-])c1)c1ccc(Cl)cc1F. The molecule has 0 unspecified atom stereocenters. The molecule has 0 aliphatic carbocycles. The van der Waals surface area contributed by atoms with E-state index in [1.807, 2.05) is 0 Å². The van der Waals surface area contributed by atoms with E-state index in [9.17, 15) is 22.9 Å². The van der Waals surface area contributed by atoms with Crippen LogP contribution >= 0.6 is 11.6 Å². The highest BCUT2D eigenvalue weighted by molar-refractivity contribution is 7.92. The number of anilines is 1. The summed E-state index contributed by atoms with van der Waals surface area (Å²) in [7, 11) is -3.80. The molecule has 9 heteroatoms. The molecule has 0 heterocycles. The highest BCUT2D eigenvalue weighted by Gasteiger charge is 2.22. The molecule has 2 rings (SSSR count). The van der Waals surface area contributed by atoms with Crippen molar-refractivity contribution >= 4 is 33.0 Å². The smallest absolute Gasteiger partial charge is 0.263 e. The lowest BCUT2D eigenvalue weighted by atomic mass is 10.2. The van der Waals surface area contributed by atoms with Gasteiger partial charge in [-0.2, -0.15) is 0 Å². The molecule has 2 aromatic rings. The maximum absolute atomic E-state index is 14.0. The quantitative estimate of drug-likeness (QED) is 0.606. The number of benzene rings is 2. The fraction of sp³-hybridized carbons (Fsp3) is 0.143. The van der Waals surface area contributed by atoms with Crippen molar-refractivity contribution in [1.29, 1.82) is 0 Å². The van der Waals surface area contributed by atoms with E-state index in [-0.39, 0.29) is 22.9 Å². The molecule has 0 saturated heterocycles. The summed E-state index contributed by atoms with van der Waals surface area (Å²) < 4.78 is 38.8. The minimum atomic E-state index is -3.80. The Labute approximate surface area is 137 Å². The number of nitrogens with zero attached hydrogens (tertiary/aromatic N) is 2. The van der Waals surface area contributed by atoms with Crippen LogP contribution in [0.25, 0.3) is 0 Å². The van der Waals surface area contributed by atoms with Crippen molar-refractivity contribution in [3.63, 3.8) is 0 Å². The zero-order valence-corrected chi connectivity index (χ0v) is 13.5. The first kappa shape index (κ1) is 17.2. The van der Waals surface area contributed by atoms with Crippen molar-refractivity contribution < 1.29 is 17.7 Å². The number of hydrogen-bond acceptors (Lipinski definition) is 4. The summed E-state index contributed by atoms with van der Waals surface area (Å²) in [4.78, 5) is 10.2. The monoisotopic (exact) mass is 358 g/mol. The summed E-state index contributed by atoms with van der Waals surface area (Å²) in [5, 5.41) is 10.9. The molecule has 0 atom stereocenters. The van der Waals surface area contributed by atoms with Crippen molar-refractivity contribution in [2.24, 2.45) is 0 Å². The second kappa shape index (κ2) is 6.51. The van der Waals surface area contributed by atoms with Gasteiger partial charge in [0, 0.05) is 17.2 Å². The molecule has 0 amide bonds. The predicted molar refractivity (Wildman–Crippen MR) is 85.5 cm³/mol. The van der Waals surface area contributed by atoms with Crippen molar-refractivity contribution in [1.82, 2.24) is 0 Å². The highest BCUT2D eigenvalue weighted by Crippen LogP contribution is 2.27. The van der Waals surface area contributed by atoms with Crippen LogP contribution < -0.4 is 4.31 Å². The number of rotatable bonds is 5. The fourth-order valence-electron chi connectivity index (χ4n) is 2.00. The summed E-state index contributed by atoms with van der Waals surface area (Å²) in [6.45, 7) is -0.237. The lowest BCUT2D eigenvalue weighted by molar-refractivity contribution is -0.384. The molecule has 0 spiro atoms. The van der Waals surface area contributed by atoms with Gasteiger partial charge < -0.3 is 0 Å². The normalized spacial score (nSPS) is 11.3. The summed E-state index contributed by atoms with van der Waals surface area (Å²) in [5.74, 6) is -0.798. The van der Waals surface area contributed by atoms with E-state index in [2.05, 4.69) is 0 Å². The molecule has 0 radical (unpaired) electrons. The van der Waals surface area contributed by atoms with Gasteiger partial charge in [0.1, 0.15) is 5.82 Å². The molecular formula is C14H12ClFN2O4S. The van der Waals surface area contributed by atoms with Gasteiger partial charge in [-0.05, 0) is 23.8 Å². The maximum Gasteiger partial charge on any atom is 0.269 e. The second-order valence-corrected chi connectivity index (χ2v) is 7.14. The molecule has 0 aliphatic heterocycles. The predicted octanol–water partition coefficient (Wildman–Crippen LogP) is 3.35. The van der Waals surface area contributed by atoms with E-state index < -0.39 is 20.8 Å². The standard InChI is InChI=1S/C14H12ClFN2O4S/c1-23(21,22)17(14-6-5-11(15)8-13(14)16)9-10-3-2-4-12(7-10)18(19)20/h2-8H,9H2,1H3. The van der Waals surface area contributed by atoms with E-state index in [4.69, 9.17) is 11.6 Å². The molecule has 6 nitrogen and oxygen atoms in total. The van der Waals surface area contributed by atoms with Gasteiger partial charge in [0.25, 0.3) is 5.69 Å². The number of hydrogen-bond donors (Lipinski definition) is 0. The Balaban J connectivity index is 2.45. The third-order valence-electron chi connectivity index (χ3n) is 3.03. The maximum atomic E-state index is 14.0. The van der Waals surface area contributed by atoms with Gasteiger partial charge in [-0.25, -0.2) is 12.8 Å². The number of halogens is 2. The molecule has 23 heavy (non-hydrogen) atoms. The van der Waals surface area contributed by atoms with Crippen molar-refractivity contribution in [3.05, 3.63) is 69.0 Å². The molecule has 122 valence electrons. The Bertz CT molecular complexity index is 858. The fourth-order valence-corrected chi connectivity index (χ4v) is 3.05. The van der Waals surface area contributed by atoms with Crippen molar-refractivity contribution in [2.75, 3.05) is 10.6 Å². The van der Waals surface area contributed by atoms with E-state index >= 15 is 0 Å². The van der Waals surface area contributed by atoms with Crippen LogP contribution in [-0.2, 0) is 16.6 Å². The first-order valence-corrected chi connectivity index (χ1v) is 8.57. The average molecular weight is 359 g/mol. The van der Waals surface area contributed by atoms with E-state index in [1.165, 1.54) is 36.4 Å². The third-order valence-corrected chi connectivity index (χ3v) is 4.39. The van der Waals surface area contributed by atoms with Crippen LogP contribution in [0.4, 0.5) is 15.8 Å². The largest absolute Gasteiger partial charge is 0.269 e. The summed E-state index contributed by atoms with van der Waals surface area (Å²) >= 11 is 5.67. The van der Waals surface area contributed by atoms with Crippen LogP contribution in [0.5, 0.6) is 0 Å². The van der Waals surface area contributed by atoms with Crippen LogP contribution in [0.3, 0.4) is 0 Å². The van der Waals surface area contributed by atoms with Crippen LogP contribution in [0.15, 0.2) is 42.5 Å². The summed E-state index contributed by atoms with van der Waals surface area (Å²) in [6, 6.07) is 9.11. The van der Waals surface area contributed by atoms with Crippen LogP contribution in [0, 0.1) is 15.9 Å². The van der Waals surface area contributed by atoms with E-state index in [1.54, 1.807) is 0 Å². The molecular weight excluding hydrogens is 347 g/mol. The molecule has 2 aromatic carbocycles. The molecule has 0 saturated carbocycles. The number of nitro groups is 1. The van der Waals surface area contributed by atoms with E-state index in [0.29, 0.717) is 5.56 Å².